The second-order valence-corrected chi connectivity index (χ2v) is 9.42. The Morgan fingerprint density at radius 1 is 1.15 bits per heavy atom. The highest BCUT2D eigenvalue weighted by Gasteiger charge is 2.28. The van der Waals surface area contributed by atoms with Crippen LogP contribution in [-0.2, 0) is 17.8 Å². The van der Waals surface area contributed by atoms with Crippen molar-refractivity contribution >= 4 is 38.2 Å². The molecule has 0 unspecified atom stereocenters. The van der Waals surface area contributed by atoms with Gasteiger partial charge in [-0.3, -0.25) is 9.69 Å². The number of benzene rings is 2. The van der Waals surface area contributed by atoms with Crippen LogP contribution in [0.25, 0.3) is 10.1 Å². The lowest BCUT2D eigenvalue weighted by molar-refractivity contribution is 0.0604. The number of esters is 1. The highest BCUT2D eigenvalue weighted by atomic mass is 32.1. The molecular formula is C25H29N3O4S. The zero-order valence-electron chi connectivity index (χ0n) is 19.2. The molecule has 3 aromatic rings. The number of likely N-dealkylation sites (N-methyl/N-ethyl adjacent to an activating group) is 1. The largest absolute Gasteiger partial charge is 0.508 e. The van der Waals surface area contributed by atoms with Crippen molar-refractivity contribution in [2.45, 2.75) is 20.0 Å². The second-order valence-electron chi connectivity index (χ2n) is 8.40. The number of carbonyl (C=O) groups excluding carboxylic acids is 2. The van der Waals surface area contributed by atoms with Gasteiger partial charge in [-0.15, -0.1) is 11.3 Å². The standard InChI is InChI=1S/C25H29N3O4S/c1-16(29)18-13-20(30)19(15-28-11-9-27(2)10-12-28)23-21(18)22(25(31)32-3)24(33-23)26-14-17-7-5-4-6-8-17/h4-8,13,26,30H,9-12,14-15H2,1-3H3. The molecule has 0 aliphatic carbocycles. The lowest BCUT2D eigenvalue weighted by atomic mass is 9.98. The van der Waals surface area contributed by atoms with Crippen LogP contribution in [0.3, 0.4) is 0 Å². The normalized spacial score (nSPS) is 15.0. The summed E-state index contributed by atoms with van der Waals surface area (Å²) in [7, 11) is 3.44. The van der Waals surface area contributed by atoms with E-state index in [0.29, 0.717) is 34.6 Å². The predicted octanol–water partition coefficient (Wildman–Crippen LogP) is 3.96. The Morgan fingerprint density at radius 3 is 2.48 bits per heavy atom. The number of fused-ring (bicyclic) bond motifs is 1. The van der Waals surface area contributed by atoms with Crippen LogP contribution in [0.5, 0.6) is 5.75 Å². The molecule has 0 radical (unpaired) electrons. The summed E-state index contributed by atoms with van der Waals surface area (Å²) in [5.41, 5.74) is 2.48. The van der Waals surface area contributed by atoms with Gasteiger partial charge in [0.1, 0.15) is 16.3 Å². The summed E-state index contributed by atoms with van der Waals surface area (Å²) in [6.07, 6.45) is 0. The van der Waals surface area contributed by atoms with Crippen molar-refractivity contribution in [3.8, 4) is 5.75 Å². The zero-order valence-corrected chi connectivity index (χ0v) is 20.0. The molecule has 2 heterocycles. The molecule has 1 saturated heterocycles. The first-order valence-corrected chi connectivity index (χ1v) is 11.8. The van der Waals surface area contributed by atoms with Crippen molar-refractivity contribution in [2.24, 2.45) is 0 Å². The first-order valence-electron chi connectivity index (χ1n) is 11.0. The van der Waals surface area contributed by atoms with Gasteiger partial charge in [-0.25, -0.2) is 4.79 Å². The first-order chi connectivity index (χ1) is 15.9. The Balaban J connectivity index is 1.82. The van der Waals surface area contributed by atoms with Gasteiger partial charge in [-0.1, -0.05) is 30.3 Å². The fourth-order valence-electron chi connectivity index (χ4n) is 4.17. The van der Waals surface area contributed by atoms with Crippen LogP contribution in [0.1, 0.15) is 38.8 Å². The zero-order chi connectivity index (χ0) is 23.5. The maximum Gasteiger partial charge on any atom is 0.341 e. The smallest absolute Gasteiger partial charge is 0.341 e. The summed E-state index contributed by atoms with van der Waals surface area (Å²) in [5, 5.41) is 15.5. The van der Waals surface area contributed by atoms with E-state index in [1.807, 2.05) is 30.3 Å². The molecule has 0 atom stereocenters. The van der Waals surface area contributed by atoms with Crippen LogP contribution >= 0.6 is 11.3 Å². The number of Topliss-reactive ketones (excluding diaryl/α,β-unsaturated/α-hetero) is 1. The molecule has 33 heavy (non-hydrogen) atoms. The number of phenols is 1. The minimum absolute atomic E-state index is 0.0823. The number of rotatable bonds is 7. The Hall–Kier alpha value is -2.94. The van der Waals surface area contributed by atoms with Gasteiger partial charge in [0.25, 0.3) is 0 Å². The Bertz CT molecular complexity index is 1170. The van der Waals surface area contributed by atoms with Crippen molar-refractivity contribution in [3.05, 3.63) is 58.7 Å². The molecule has 1 aliphatic heterocycles. The molecule has 2 N–H and O–H groups in total. The number of methoxy groups -OCH3 is 1. The maximum atomic E-state index is 12.9. The predicted molar refractivity (Wildman–Crippen MR) is 131 cm³/mol. The highest BCUT2D eigenvalue weighted by Crippen LogP contribution is 2.44. The number of thiophene rings is 1. The molecule has 0 spiro atoms. The van der Waals surface area contributed by atoms with Crippen molar-refractivity contribution < 1.29 is 19.4 Å². The van der Waals surface area contributed by atoms with Crippen LogP contribution in [0.4, 0.5) is 5.00 Å². The number of hydrogen-bond donors (Lipinski definition) is 2. The molecule has 0 amide bonds. The lowest BCUT2D eigenvalue weighted by Gasteiger charge is -2.32. The lowest BCUT2D eigenvalue weighted by Crippen LogP contribution is -2.43. The minimum atomic E-state index is -0.504. The van der Waals surface area contributed by atoms with E-state index in [2.05, 4.69) is 22.2 Å². The number of ketones is 1. The van der Waals surface area contributed by atoms with Gasteiger partial charge in [0.05, 0.1) is 7.11 Å². The van der Waals surface area contributed by atoms with Gasteiger partial charge in [0.2, 0.25) is 0 Å². The number of hydrogen-bond acceptors (Lipinski definition) is 8. The van der Waals surface area contributed by atoms with Crippen molar-refractivity contribution in [3.63, 3.8) is 0 Å². The molecule has 1 aromatic heterocycles. The number of carbonyl (C=O) groups is 2. The number of ether oxygens (including phenoxy) is 1. The van der Waals surface area contributed by atoms with Gasteiger partial charge in [0, 0.05) is 60.5 Å². The number of aromatic hydroxyl groups is 1. The van der Waals surface area contributed by atoms with E-state index in [0.717, 1.165) is 42.0 Å². The second kappa shape index (κ2) is 9.91. The molecule has 0 bridgehead atoms. The molecule has 2 aromatic carbocycles. The van der Waals surface area contributed by atoms with Gasteiger partial charge in [-0.05, 0) is 25.6 Å². The first kappa shape index (κ1) is 23.2. The molecule has 174 valence electrons. The number of anilines is 1. The SMILES string of the molecule is COC(=O)c1c(NCc2ccccc2)sc2c(CN3CCN(C)CC3)c(O)cc(C(C)=O)c12. The van der Waals surface area contributed by atoms with Gasteiger partial charge < -0.3 is 20.1 Å². The third kappa shape index (κ3) is 4.88. The number of nitrogens with one attached hydrogen (secondary N) is 1. The summed E-state index contributed by atoms with van der Waals surface area (Å²) in [6, 6.07) is 11.4. The quantitative estimate of drug-likeness (QED) is 0.402. The van der Waals surface area contributed by atoms with E-state index in [1.165, 1.54) is 31.4 Å². The van der Waals surface area contributed by atoms with Crippen LogP contribution in [0.15, 0.2) is 36.4 Å². The van der Waals surface area contributed by atoms with Gasteiger partial charge in [-0.2, -0.15) is 0 Å². The maximum absolute atomic E-state index is 12.9. The molecule has 4 rings (SSSR count). The molecular weight excluding hydrogens is 438 g/mol. The molecule has 0 saturated carbocycles. The Labute approximate surface area is 197 Å². The third-order valence-electron chi connectivity index (χ3n) is 6.08. The van der Waals surface area contributed by atoms with Crippen LogP contribution in [0.2, 0.25) is 0 Å². The summed E-state index contributed by atoms with van der Waals surface area (Å²) in [4.78, 5) is 29.9. The topological polar surface area (TPSA) is 82.1 Å². The van der Waals surface area contributed by atoms with E-state index in [-0.39, 0.29) is 11.5 Å². The van der Waals surface area contributed by atoms with Crippen molar-refractivity contribution in [2.75, 3.05) is 45.7 Å². The number of piperazine rings is 1. The molecule has 1 aliphatic rings. The number of phenolic OH excluding ortho intramolecular Hbond substituents is 1. The van der Waals surface area contributed by atoms with Crippen LogP contribution in [-0.4, -0.2) is 67.0 Å². The minimum Gasteiger partial charge on any atom is -0.508 e. The Morgan fingerprint density at radius 2 is 1.85 bits per heavy atom. The molecule has 1 fully saturated rings. The fraction of sp³-hybridized carbons (Fsp3) is 0.360. The Kier molecular flexibility index (Phi) is 6.97. The summed E-state index contributed by atoms with van der Waals surface area (Å²) in [5.74, 6) is -0.631. The average molecular weight is 468 g/mol. The van der Waals surface area contributed by atoms with E-state index >= 15 is 0 Å². The summed E-state index contributed by atoms with van der Waals surface area (Å²) in [6.45, 7) is 6.21. The van der Waals surface area contributed by atoms with Crippen molar-refractivity contribution in [1.82, 2.24) is 9.80 Å². The van der Waals surface area contributed by atoms with E-state index in [4.69, 9.17) is 4.74 Å². The van der Waals surface area contributed by atoms with Crippen LogP contribution in [0, 0.1) is 0 Å². The fourth-order valence-corrected chi connectivity index (χ4v) is 5.41. The van der Waals surface area contributed by atoms with Crippen molar-refractivity contribution in [1.29, 1.82) is 0 Å². The average Bonchev–Trinajstić information content (AvgIpc) is 3.20. The van der Waals surface area contributed by atoms with Crippen LogP contribution < -0.4 is 5.32 Å². The van der Waals surface area contributed by atoms with E-state index in [9.17, 15) is 14.7 Å². The third-order valence-corrected chi connectivity index (χ3v) is 7.29. The molecule has 7 nitrogen and oxygen atoms in total. The number of nitrogens with zero attached hydrogens (tertiary/aromatic N) is 2. The monoisotopic (exact) mass is 467 g/mol. The van der Waals surface area contributed by atoms with Gasteiger partial charge >= 0.3 is 5.97 Å². The van der Waals surface area contributed by atoms with E-state index in [1.54, 1.807) is 0 Å². The van der Waals surface area contributed by atoms with E-state index < -0.39 is 5.97 Å². The summed E-state index contributed by atoms with van der Waals surface area (Å²) < 4.78 is 5.85. The highest BCUT2D eigenvalue weighted by molar-refractivity contribution is 7.23. The molecule has 8 heteroatoms. The summed E-state index contributed by atoms with van der Waals surface area (Å²) >= 11 is 1.39. The van der Waals surface area contributed by atoms with Gasteiger partial charge in [0.15, 0.2) is 5.78 Å².